The van der Waals surface area contributed by atoms with E-state index in [1.165, 1.54) is 19.4 Å². The fourth-order valence-electron chi connectivity index (χ4n) is 4.07. The molecule has 9 heteroatoms. The van der Waals surface area contributed by atoms with E-state index >= 15 is 0 Å². The number of nitrogens with one attached hydrogen (secondary N) is 2. The number of amides is 2. The molecule has 1 unspecified atom stereocenters. The second kappa shape index (κ2) is 10.2. The number of carbonyl (C=O) groups excluding carboxylic acids is 2. The number of carboxylic acids is 1. The highest BCUT2D eigenvalue weighted by Gasteiger charge is 2.29. The van der Waals surface area contributed by atoms with Gasteiger partial charge in [-0.2, -0.15) is 0 Å². The molecular weight excluding hydrogens is 440 g/mol. The molecule has 4 rings (SSSR count). The summed E-state index contributed by atoms with van der Waals surface area (Å²) in [4.78, 5) is 35.9. The Bertz CT molecular complexity index is 1160. The fourth-order valence-corrected chi connectivity index (χ4v) is 4.07. The molecule has 1 aromatic heterocycles. The lowest BCUT2D eigenvalue weighted by atomic mass is 9.98. The number of hydrogen-bond donors (Lipinski definition) is 3. The highest BCUT2D eigenvalue weighted by Crippen LogP contribution is 2.44. The summed E-state index contributed by atoms with van der Waals surface area (Å²) in [6, 6.07) is 17.5. The van der Waals surface area contributed by atoms with E-state index in [4.69, 9.17) is 19.0 Å². The summed E-state index contributed by atoms with van der Waals surface area (Å²) in [5.74, 6) is -1.92. The number of anilines is 1. The van der Waals surface area contributed by atoms with Crippen LogP contribution in [-0.4, -0.2) is 49.4 Å². The van der Waals surface area contributed by atoms with Crippen LogP contribution in [0, 0.1) is 0 Å². The van der Waals surface area contributed by atoms with Gasteiger partial charge in [-0.1, -0.05) is 48.5 Å². The quantitative estimate of drug-likeness (QED) is 0.439. The van der Waals surface area contributed by atoms with E-state index in [1.807, 2.05) is 36.4 Å². The van der Waals surface area contributed by atoms with Crippen LogP contribution in [0.4, 0.5) is 10.5 Å². The molecule has 1 aliphatic carbocycles. The molecule has 0 bridgehead atoms. The normalized spacial score (nSPS) is 13.0. The zero-order valence-corrected chi connectivity index (χ0v) is 18.4. The van der Waals surface area contributed by atoms with E-state index < -0.39 is 24.1 Å². The van der Waals surface area contributed by atoms with Gasteiger partial charge in [0.05, 0.1) is 12.0 Å². The fraction of sp³-hybridized carbons (Fsp3) is 0.240. The smallest absolute Gasteiger partial charge is 0.411 e. The number of methoxy groups -OCH3 is 1. The van der Waals surface area contributed by atoms with Crippen molar-refractivity contribution in [3.63, 3.8) is 0 Å². The second-order valence-corrected chi connectivity index (χ2v) is 7.72. The van der Waals surface area contributed by atoms with Crippen LogP contribution in [0.1, 0.15) is 34.0 Å². The standard InChI is InChI=1S/C25H24N2O7/c1-32-21(24(29)30)10-12-26-23(28)22-20(11-13-33-22)27-25(31)34-14-19-17-8-4-2-6-15(17)16-7-3-5-9-18(16)19/h2-9,11,13,19,21H,10,12,14H2,1H3,(H,26,28)(H,27,31)(H,29,30). The zero-order chi connectivity index (χ0) is 24.1. The van der Waals surface area contributed by atoms with Crippen LogP contribution in [0.3, 0.4) is 0 Å². The Morgan fingerprint density at radius 1 is 1.03 bits per heavy atom. The zero-order valence-electron chi connectivity index (χ0n) is 18.4. The summed E-state index contributed by atoms with van der Waals surface area (Å²) in [7, 11) is 1.28. The highest BCUT2D eigenvalue weighted by molar-refractivity contribution is 6.00. The van der Waals surface area contributed by atoms with E-state index in [2.05, 4.69) is 22.8 Å². The van der Waals surface area contributed by atoms with Crippen molar-refractivity contribution in [1.29, 1.82) is 0 Å². The number of fused-ring (bicyclic) bond motifs is 3. The molecule has 34 heavy (non-hydrogen) atoms. The summed E-state index contributed by atoms with van der Waals surface area (Å²) in [6.45, 7) is 0.182. The molecule has 2 amide bonds. The van der Waals surface area contributed by atoms with E-state index in [-0.39, 0.29) is 36.9 Å². The maximum Gasteiger partial charge on any atom is 0.411 e. The molecule has 1 heterocycles. The van der Waals surface area contributed by atoms with Crippen molar-refractivity contribution in [2.24, 2.45) is 0 Å². The molecule has 0 radical (unpaired) electrons. The molecule has 0 fully saturated rings. The van der Waals surface area contributed by atoms with Crippen LogP contribution in [0.5, 0.6) is 0 Å². The van der Waals surface area contributed by atoms with Gasteiger partial charge in [-0.05, 0) is 22.3 Å². The van der Waals surface area contributed by atoms with Crippen molar-refractivity contribution in [2.75, 3.05) is 25.6 Å². The maximum absolute atomic E-state index is 12.5. The Morgan fingerprint density at radius 2 is 1.68 bits per heavy atom. The van der Waals surface area contributed by atoms with Gasteiger partial charge in [0, 0.05) is 32.1 Å². The van der Waals surface area contributed by atoms with E-state index in [0.717, 1.165) is 22.3 Å². The molecule has 0 saturated heterocycles. The van der Waals surface area contributed by atoms with Crippen LogP contribution in [0.25, 0.3) is 11.1 Å². The molecule has 176 valence electrons. The Kier molecular flexibility index (Phi) is 6.93. The van der Waals surface area contributed by atoms with Gasteiger partial charge >= 0.3 is 12.1 Å². The van der Waals surface area contributed by atoms with Crippen molar-refractivity contribution in [2.45, 2.75) is 18.4 Å². The number of furan rings is 1. The van der Waals surface area contributed by atoms with Gasteiger partial charge in [0.15, 0.2) is 6.10 Å². The molecule has 3 N–H and O–H groups in total. The predicted octanol–water partition coefficient (Wildman–Crippen LogP) is 3.86. The number of carboxylic acid groups (broad SMARTS) is 1. The van der Waals surface area contributed by atoms with E-state index in [9.17, 15) is 14.4 Å². The molecule has 1 atom stereocenters. The lowest BCUT2D eigenvalue weighted by Gasteiger charge is -2.14. The summed E-state index contributed by atoms with van der Waals surface area (Å²) in [6.07, 6.45) is -0.408. The van der Waals surface area contributed by atoms with Gasteiger partial charge in [-0.3, -0.25) is 10.1 Å². The predicted molar refractivity (Wildman–Crippen MR) is 123 cm³/mol. The van der Waals surface area contributed by atoms with Crippen molar-refractivity contribution >= 4 is 23.7 Å². The number of aliphatic carboxylic acids is 1. The Hall–Kier alpha value is -4.11. The topological polar surface area (TPSA) is 127 Å². The first-order valence-electron chi connectivity index (χ1n) is 10.7. The lowest BCUT2D eigenvalue weighted by Crippen LogP contribution is -2.31. The van der Waals surface area contributed by atoms with Crippen LogP contribution < -0.4 is 10.6 Å². The SMILES string of the molecule is COC(CCNC(=O)c1occc1NC(=O)OCC1c2ccccc2-c2ccccc21)C(=O)O. The molecule has 2 aromatic carbocycles. The lowest BCUT2D eigenvalue weighted by molar-refractivity contribution is -0.148. The number of benzene rings is 2. The van der Waals surface area contributed by atoms with Crippen LogP contribution in [0.2, 0.25) is 0 Å². The molecular formula is C25H24N2O7. The van der Waals surface area contributed by atoms with Crippen LogP contribution in [0.15, 0.2) is 65.3 Å². The number of ether oxygens (including phenoxy) is 2. The van der Waals surface area contributed by atoms with Crippen molar-refractivity contribution in [3.8, 4) is 11.1 Å². The molecule has 1 aliphatic rings. The molecule has 3 aromatic rings. The van der Waals surface area contributed by atoms with Gasteiger partial charge in [-0.25, -0.2) is 9.59 Å². The van der Waals surface area contributed by atoms with Crippen LogP contribution in [-0.2, 0) is 14.3 Å². The first-order chi connectivity index (χ1) is 16.5. The molecule has 0 saturated carbocycles. The first kappa shape index (κ1) is 23.1. The number of hydrogen-bond acceptors (Lipinski definition) is 6. The molecule has 9 nitrogen and oxygen atoms in total. The number of carbonyl (C=O) groups is 3. The third-order valence-corrected chi connectivity index (χ3v) is 5.70. The van der Waals surface area contributed by atoms with Gasteiger partial charge in [0.25, 0.3) is 5.91 Å². The first-order valence-corrected chi connectivity index (χ1v) is 10.7. The minimum atomic E-state index is -1.12. The third kappa shape index (κ3) is 4.79. The third-order valence-electron chi connectivity index (χ3n) is 5.70. The Balaban J connectivity index is 1.35. The minimum Gasteiger partial charge on any atom is -0.479 e. The van der Waals surface area contributed by atoms with E-state index in [0.29, 0.717) is 0 Å². The van der Waals surface area contributed by atoms with Gasteiger partial charge in [0.2, 0.25) is 5.76 Å². The van der Waals surface area contributed by atoms with Crippen molar-refractivity contribution in [1.82, 2.24) is 5.32 Å². The van der Waals surface area contributed by atoms with Gasteiger partial charge < -0.3 is 24.3 Å². The molecule has 0 aliphatic heterocycles. The minimum absolute atomic E-state index is 0.0503. The Labute approximate surface area is 195 Å². The average Bonchev–Trinajstić information content (AvgIpc) is 3.42. The summed E-state index contributed by atoms with van der Waals surface area (Å²) in [5.41, 5.74) is 4.58. The number of rotatable bonds is 9. The summed E-state index contributed by atoms with van der Waals surface area (Å²) < 4.78 is 15.5. The van der Waals surface area contributed by atoms with Crippen LogP contribution >= 0.6 is 0 Å². The van der Waals surface area contributed by atoms with Crippen molar-refractivity contribution < 1.29 is 33.4 Å². The van der Waals surface area contributed by atoms with E-state index in [1.54, 1.807) is 0 Å². The average molecular weight is 464 g/mol. The summed E-state index contributed by atoms with van der Waals surface area (Å²) >= 11 is 0. The van der Waals surface area contributed by atoms with Crippen molar-refractivity contribution in [3.05, 3.63) is 77.7 Å². The highest BCUT2D eigenvalue weighted by atomic mass is 16.5. The van der Waals surface area contributed by atoms with Gasteiger partial charge in [0.1, 0.15) is 6.61 Å². The maximum atomic E-state index is 12.5. The van der Waals surface area contributed by atoms with Gasteiger partial charge in [-0.15, -0.1) is 0 Å². The largest absolute Gasteiger partial charge is 0.479 e. The molecule has 0 spiro atoms. The summed E-state index contributed by atoms with van der Waals surface area (Å²) in [5, 5.41) is 14.1. The Morgan fingerprint density at radius 3 is 2.29 bits per heavy atom. The second-order valence-electron chi connectivity index (χ2n) is 7.72. The monoisotopic (exact) mass is 464 g/mol.